The number of sulfonamides is 1. The molecule has 0 aromatic heterocycles. The van der Waals surface area contributed by atoms with Crippen molar-refractivity contribution in [3.63, 3.8) is 0 Å². The van der Waals surface area contributed by atoms with Gasteiger partial charge in [0.2, 0.25) is 10.0 Å². The molecular formula is C10H12Cl3NO2S. The van der Waals surface area contributed by atoms with Crippen molar-refractivity contribution in [3.05, 3.63) is 27.2 Å². The van der Waals surface area contributed by atoms with Crippen LogP contribution >= 0.6 is 34.8 Å². The molecule has 3 nitrogen and oxygen atoms in total. The molecule has 0 spiro atoms. The zero-order chi connectivity index (χ0) is 13.2. The minimum absolute atomic E-state index is 0.0515. The summed E-state index contributed by atoms with van der Waals surface area (Å²) in [6, 6.07) is 2.56. The van der Waals surface area contributed by atoms with E-state index in [1.54, 1.807) is 0 Å². The molecule has 0 unspecified atom stereocenters. The van der Waals surface area contributed by atoms with Gasteiger partial charge in [-0.25, -0.2) is 13.1 Å². The Bertz CT molecular complexity index is 515. The average Bonchev–Trinajstić information content (AvgIpc) is 2.20. The van der Waals surface area contributed by atoms with Crippen LogP contribution in [0.2, 0.25) is 15.1 Å². The van der Waals surface area contributed by atoms with E-state index in [9.17, 15) is 8.42 Å². The van der Waals surface area contributed by atoms with Crippen LogP contribution in [-0.4, -0.2) is 15.0 Å². The molecule has 0 aliphatic carbocycles. The number of rotatable bonds is 4. The zero-order valence-corrected chi connectivity index (χ0v) is 12.4. The van der Waals surface area contributed by atoms with E-state index in [-0.39, 0.29) is 25.9 Å². The molecule has 0 aliphatic heterocycles. The van der Waals surface area contributed by atoms with Crippen molar-refractivity contribution in [2.75, 3.05) is 6.54 Å². The molecule has 0 amide bonds. The van der Waals surface area contributed by atoms with Crippen molar-refractivity contribution in [2.45, 2.75) is 18.7 Å². The third kappa shape index (κ3) is 4.00. The maximum Gasteiger partial charge on any atom is 0.242 e. The Morgan fingerprint density at radius 2 is 1.65 bits per heavy atom. The van der Waals surface area contributed by atoms with Gasteiger partial charge in [-0.3, -0.25) is 0 Å². The smallest absolute Gasteiger partial charge is 0.211 e. The van der Waals surface area contributed by atoms with Crippen molar-refractivity contribution in [1.29, 1.82) is 0 Å². The molecule has 1 aromatic carbocycles. The molecule has 0 bridgehead atoms. The van der Waals surface area contributed by atoms with Gasteiger partial charge in [0.25, 0.3) is 0 Å². The Kier molecular flexibility index (Phi) is 5.10. The largest absolute Gasteiger partial charge is 0.242 e. The molecule has 96 valence electrons. The fraction of sp³-hybridized carbons (Fsp3) is 0.400. The molecule has 1 N–H and O–H groups in total. The topological polar surface area (TPSA) is 46.2 Å². The number of hydrogen-bond donors (Lipinski definition) is 1. The van der Waals surface area contributed by atoms with E-state index in [1.165, 1.54) is 12.1 Å². The summed E-state index contributed by atoms with van der Waals surface area (Å²) in [7, 11) is -3.65. The predicted octanol–water partition coefficient (Wildman–Crippen LogP) is 3.58. The molecule has 0 saturated carbocycles. The van der Waals surface area contributed by atoms with Gasteiger partial charge >= 0.3 is 0 Å². The van der Waals surface area contributed by atoms with Crippen LogP contribution in [0.1, 0.15) is 13.8 Å². The molecule has 0 aliphatic rings. The summed E-state index contributed by atoms with van der Waals surface area (Å²) in [5.74, 6) is 0.200. The van der Waals surface area contributed by atoms with Crippen molar-refractivity contribution >= 4 is 44.8 Å². The number of benzene rings is 1. The Labute approximate surface area is 116 Å². The maximum absolute atomic E-state index is 11.9. The van der Waals surface area contributed by atoms with Gasteiger partial charge in [0, 0.05) is 6.54 Å². The molecule has 1 aromatic rings. The van der Waals surface area contributed by atoms with E-state index < -0.39 is 10.0 Å². The number of nitrogens with one attached hydrogen (secondary N) is 1. The first-order chi connectivity index (χ1) is 7.74. The van der Waals surface area contributed by atoms with Gasteiger partial charge in [-0.1, -0.05) is 48.7 Å². The van der Waals surface area contributed by atoms with Crippen LogP contribution in [0.25, 0.3) is 0 Å². The highest BCUT2D eigenvalue weighted by Crippen LogP contribution is 2.31. The second-order valence-corrected chi connectivity index (χ2v) is 6.90. The van der Waals surface area contributed by atoms with Crippen LogP contribution < -0.4 is 4.72 Å². The van der Waals surface area contributed by atoms with Gasteiger partial charge in [0.15, 0.2) is 0 Å². The Balaban J connectivity index is 3.11. The molecular weight excluding hydrogens is 305 g/mol. The third-order valence-electron chi connectivity index (χ3n) is 1.95. The molecule has 7 heteroatoms. The molecule has 0 atom stereocenters. The van der Waals surface area contributed by atoms with Crippen molar-refractivity contribution in [1.82, 2.24) is 4.72 Å². The van der Waals surface area contributed by atoms with Gasteiger partial charge in [-0.2, -0.15) is 0 Å². The Morgan fingerprint density at radius 3 is 2.18 bits per heavy atom. The predicted molar refractivity (Wildman–Crippen MR) is 71.5 cm³/mol. The highest BCUT2D eigenvalue weighted by atomic mass is 35.5. The Hall–Kier alpha value is -0.000000000000000111. The van der Waals surface area contributed by atoms with Gasteiger partial charge in [-0.15, -0.1) is 0 Å². The summed E-state index contributed by atoms with van der Waals surface area (Å²) in [5.41, 5.74) is 0. The average molecular weight is 317 g/mol. The fourth-order valence-electron chi connectivity index (χ4n) is 1.06. The van der Waals surface area contributed by atoms with E-state index in [1.807, 2.05) is 13.8 Å². The first-order valence-corrected chi connectivity index (χ1v) is 7.50. The minimum atomic E-state index is -3.65. The third-order valence-corrected chi connectivity index (χ3v) is 4.56. The van der Waals surface area contributed by atoms with Gasteiger partial charge in [0.1, 0.15) is 4.90 Å². The van der Waals surface area contributed by atoms with E-state index in [0.717, 1.165) is 0 Å². The second kappa shape index (κ2) is 5.76. The van der Waals surface area contributed by atoms with E-state index in [0.29, 0.717) is 6.54 Å². The summed E-state index contributed by atoms with van der Waals surface area (Å²) in [4.78, 5) is -0.0609. The summed E-state index contributed by atoms with van der Waals surface area (Å²) in [5, 5.41) is 0.427. The van der Waals surface area contributed by atoms with Crippen molar-refractivity contribution in [2.24, 2.45) is 5.92 Å². The normalized spacial score (nSPS) is 12.1. The molecule has 0 radical (unpaired) electrons. The lowest BCUT2D eigenvalue weighted by molar-refractivity contribution is 0.560. The van der Waals surface area contributed by atoms with Crippen LogP contribution in [-0.2, 0) is 10.0 Å². The lowest BCUT2D eigenvalue weighted by atomic mass is 10.2. The van der Waals surface area contributed by atoms with Crippen LogP contribution in [0, 0.1) is 5.92 Å². The quantitative estimate of drug-likeness (QED) is 0.863. The van der Waals surface area contributed by atoms with Crippen LogP contribution in [0.4, 0.5) is 0 Å². The zero-order valence-electron chi connectivity index (χ0n) is 9.30. The standard InChI is InChI=1S/C10H12Cl3NO2S/c1-6(2)5-14-17(15,16)10-4-8(12)7(11)3-9(10)13/h3-4,6,14H,5H2,1-2H3. The first-order valence-electron chi connectivity index (χ1n) is 4.88. The van der Waals surface area contributed by atoms with Gasteiger partial charge in [0.05, 0.1) is 15.1 Å². The Morgan fingerprint density at radius 1 is 1.12 bits per heavy atom. The summed E-state index contributed by atoms with van der Waals surface area (Å²) >= 11 is 17.3. The van der Waals surface area contributed by atoms with Crippen LogP contribution in [0.15, 0.2) is 17.0 Å². The van der Waals surface area contributed by atoms with E-state index >= 15 is 0 Å². The molecule has 0 fully saturated rings. The van der Waals surface area contributed by atoms with Gasteiger partial charge in [-0.05, 0) is 18.1 Å². The summed E-state index contributed by atoms with van der Waals surface area (Å²) in [6.45, 7) is 4.14. The highest BCUT2D eigenvalue weighted by molar-refractivity contribution is 7.89. The van der Waals surface area contributed by atoms with Gasteiger partial charge < -0.3 is 0 Å². The second-order valence-electron chi connectivity index (χ2n) is 3.94. The number of hydrogen-bond acceptors (Lipinski definition) is 2. The highest BCUT2D eigenvalue weighted by Gasteiger charge is 2.19. The molecule has 0 heterocycles. The van der Waals surface area contributed by atoms with Crippen LogP contribution in [0.3, 0.4) is 0 Å². The summed E-state index contributed by atoms with van der Waals surface area (Å²) in [6.07, 6.45) is 0. The number of halogens is 3. The molecule has 17 heavy (non-hydrogen) atoms. The van der Waals surface area contributed by atoms with Crippen molar-refractivity contribution in [3.8, 4) is 0 Å². The molecule has 0 saturated heterocycles. The summed E-state index contributed by atoms with van der Waals surface area (Å²) < 4.78 is 26.3. The lowest BCUT2D eigenvalue weighted by Crippen LogP contribution is -2.27. The SMILES string of the molecule is CC(C)CNS(=O)(=O)c1cc(Cl)c(Cl)cc1Cl. The maximum atomic E-state index is 11.9. The minimum Gasteiger partial charge on any atom is -0.211 e. The van der Waals surface area contributed by atoms with Crippen molar-refractivity contribution < 1.29 is 8.42 Å². The van der Waals surface area contributed by atoms with E-state index in [4.69, 9.17) is 34.8 Å². The van der Waals surface area contributed by atoms with Crippen LogP contribution in [0.5, 0.6) is 0 Å². The molecule has 1 rings (SSSR count). The van der Waals surface area contributed by atoms with E-state index in [2.05, 4.69) is 4.72 Å². The monoisotopic (exact) mass is 315 g/mol. The first kappa shape index (κ1) is 15.1. The lowest BCUT2D eigenvalue weighted by Gasteiger charge is -2.10. The fourth-order valence-corrected chi connectivity index (χ4v) is 3.28.